The lowest BCUT2D eigenvalue weighted by Gasteiger charge is -2.38. The largest absolute Gasteiger partial charge is 0.459 e. The summed E-state index contributed by atoms with van der Waals surface area (Å²) in [5.74, 6) is 1.17. The molecule has 0 saturated carbocycles. The molecule has 0 bridgehead atoms. The Labute approximate surface area is 153 Å². The molecule has 7 nitrogen and oxygen atoms in total. The van der Waals surface area contributed by atoms with Gasteiger partial charge in [0.15, 0.2) is 5.76 Å². The van der Waals surface area contributed by atoms with E-state index in [9.17, 15) is 4.79 Å². The van der Waals surface area contributed by atoms with Crippen molar-refractivity contribution in [3.05, 3.63) is 42.6 Å². The zero-order valence-corrected chi connectivity index (χ0v) is 15.0. The fraction of sp³-hybridized carbons (Fsp3) is 0.526. The standard InChI is InChI=1S/C19H24N4O3/c1-25-13-15-12-19(14-23(15)18-20-7-3-8-21-18)5-9-22(10-6-19)17(24)16-4-2-11-26-16/h2-4,7-8,11,15H,5-6,9-10,12-14H2,1H3/t15-/m0/s1. The minimum absolute atomic E-state index is 0.0143. The zero-order valence-electron chi connectivity index (χ0n) is 15.0. The van der Waals surface area contributed by atoms with Gasteiger partial charge in [-0.25, -0.2) is 9.97 Å². The molecule has 2 aliphatic rings. The van der Waals surface area contributed by atoms with E-state index in [1.54, 1.807) is 37.9 Å². The fourth-order valence-electron chi connectivity index (χ4n) is 4.28. The van der Waals surface area contributed by atoms with Crippen LogP contribution in [-0.4, -0.2) is 60.2 Å². The van der Waals surface area contributed by atoms with Crippen molar-refractivity contribution < 1.29 is 13.9 Å². The molecule has 0 N–H and O–H groups in total. The Kier molecular flexibility index (Phi) is 4.63. The first-order valence-corrected chi connectivity index (χ1v) is 9.06. The van der Waals surface area contributed by atoms with Gasteiger partial charge in [-0.3, -0.25) is 4.79 Å². The number of likely N-dealkylation sites (tertiary alicyclic amines) is 1. The van der Waals surface area contributed by atoms with Gasteiger partial charge in [0.2, 0.25) is 5.95 Å². The SMILES string of the molecule is COC[C@@H]1CC2(CCN(C(=O)c3ccco3)CC2)CN1c1ncccn1. The summed E-state index contributed by atoms with van der Waals surface area (Å²) < 4.78 is 10.7. The van der Waals surface area contributed by atoms with Crippen molar-refractivity contribution in [2.75, 3.05) is 38.3 Å². The van der Waals surface area contributed by atoms with Crippen molar-refractivity contribution in [1.29, 1.82) is 0 Å². The quantitative estimate of drug-likeness (QED) is 0.836. The Morgan fingerprint density at radius 1 is 1.31 bits per heavy atom. The number of methoxy groups -OCH3 is 1. The van der Waals surface area contributed by atoms with Crippen molar-refractivity contribution in [3.8, 4) is 0 Å². The summed E-state index contributed by atoms with van der Waals surface area (Å²) in [7, 11) is 1.74. The van der Waals surface area contributed by atoms with Crippen molar-refractivity contribution in [3.63, 3.8) is 0 Å². The van der Waals surface area contributed by atoms with E-state index in [2.05, 4.69) is 14.9 Å². The van der Waals surface area contributed by atoms with Crippen LogP contribution in [0, 0.1) is 5.41 Å². The molecule has 2 aromatic rings. The summed E-state index contributed by atoms with van der Waals surface area (Å²) in [5, 5.41) is 0. The first-order valence-electron chi connectivity index (χ1n) is 9.06. The molecule has 2 saturated heterocycles. The maximum Gasteiger partial charge on any atom is 0.289 e. The van der Waals surface area contributed by atoms with Gasteiger partial charge in [0.05, 0.1) is 18.9 Å². The molecule has 26 heavy (non-hydrogen) atoms. The number of piperidine rings is 1. The number of hydrogen-bond donors (Lipinski definition) is 0. The molecule has 2 aromatic heterocycles. The summed E-state index contributed by atoms with van der Waals surface area (Å²) in [6.45, 7) is 3.08. The van der Waals surface area contributed by atoms with Crippen LogP contribution in [0.25, 0.3) is 0 Å². The van der Waals surface area contributed by atoms with Gasteiger partial charge in [-0.05, 0) is 42.9 Å². The van der Waals surface area contributed by atoms with Crippen LogP contribution >= 0.6 is 0 Å². The normalized spacial score (nSPS) is 22.1. The smallest absolute Gasteiger partial charge is 0.289 e. The molecular formula is C19H24N4O3. The van der Waals surface area contributed by atoms with E-state index in [4.69, 9.17) is 9.15 Å². The molecule has 0 aliphatic carbocycles. The van der Waals surface area contributed by atoms with E-state index in [0.29, 0.717) is 12.4 Å². The summed E-state index contributed by atoms with van der Waals surface area (Å²) in [5.41, 5.74) is 0.183. The minimum Gasteiger partial charge on any atom is -0.459 e. The van der Waals surface area contributed by atoms with Crippen LogP contribution in [0.15, 0.2) is 41.3 Å². The molecule has 1 amide bonds. The van der Waals surface area contributed by atoms with E-state index in [-0.39, 0.29) is 17.4 Å². The molecule has 7 heteroatoms. The average molecular weight is 356 g/mol. The van der Waals surface area contributed by atoms with Crippen LogP contribution in [0.3, 0.4) is 0 Å². The Hall–Kier alpha value is -2.41. The summed E-state index contributed by atoms with van der Waals surface area (Å²) in [4.78, 5) is 25.5. The van der Waals surface area contributed by atoms with Crippen molar-refractivity contribution in [2.45, 2.75) is 25.3 Å². The third kappa shape index (κ3) is 3.19. The first kappa shape index (κ1) is 17.0. The second-order valence-electron chi connectivity index (χ2n) is 7.26. The van der Waals surface area contributed by atoms with Crippen LogP contribution in [0.2, 0.25) is 0 Å². The second kappa shape index (κ2) is 7.07. The van der Waals surface area contributed by atoms with E-state index in [0.717, 1.165) is 44.8 Å². The number of anilines is 1. The van der Waals surface area contributed by atoms with E-state index in [1.807, 2.05) is 11.0 Å². The highest BCUT2D eigenvalue weighted by atomic mass is 16.5. The van der Waals surface area contributed by atoms with Crippen molar-refractivity contribution in [1.82, 2.24) is 14.9 Å². The number of furan rings is 1. The minimum atomic E-state index is -0.0143. The highest BCUT2D eigenvalue weighted by molar-refractivity contribution is 5.91. The monoisotopic (exact) mass is 356 g/mol. The molecule has 0 radical (unpaired) electrons. The Bertz CT molecular complexity index is 727. The molecule has 4 heterocycles. The molecule has 2 fully saturated rings. The average Bonchev–Trinajstić information content (AvgIpc) is 3.32. The highest BCUT2D eigenvalue weighted by Crippen LogP contribution is 2.44. The van der Waals surface area contributed by atoms with Gasteiger partial charge in [-0.15, -0.1) is 0 Å². The highest BCUT2D eigenvalue weighted by Gasteiger charge is 2.47. The van der Waals surface area contributed by atoms with Gasteiger partial charge < -0.3 is 19.0 Å². The number of amides is 1. The zero-order chi connectivity index (χ0) is 18.0. The van der Waals surface area contributed by atoms with Crippen LogP contribution in [-0.2, 0) is 4.74 Å². The predicted octanol–water partition coefficient (Wildman–Crippen LogP) is 2.22. The number of hydrogen-bond acceptors (Lipinski definition) is 6. The Morgan fingerprint density at radius 3 is 2.73 bits per heavy atom. The molecule has 1 atom stereocenters. The van der Waals surface area contributed by atoms with Crippen LogP contribution in [0.4, 0.5) is 5.95 Å². The lowest BCUT2D eigenvalue weighted by atomic mass is 9.76. The third-order valence-corrected chi connectivity index (χ3v) is 5.63. The molecule has 0 unspecified atom stereocenters. The first-order chi connectivity index (χ1) is 12.7. The fourth-order valence-corrected chi connectivity index (χ4v) is 4.28. The Balaban J connectivity index is 1.46. The Morgan fingerprint density at radius 2 is 2.08 bits per heavy atom. The van der Waals surface area contributed by atoms with Crippen molar-refractivity contribution in [2.24, 2.45) is 5.41 Å². The van der Waals surface area contributed by atoms with Crippen molar-refractivity contribution >= 4 is 11.9 Å². The van der Waals surface area contributed by atoms with Gasteiger partial charge >= 0.3 is 0 Å². The van der Waals surface area contributed by atoms with Crippen LogP contribution in [0.1, 0.15) is 29.8 Å². The topological polar surface area (TPSA) is 71.7 Å². The number of rotatable bonds is 4. The van der Waals surface area contributed by atoms with E-state index < -0.39 is 0 Å². The maximum atomic E-state index is 12.5. The lowest BCUT2D eigenvalue weighted by molar-refractivity contribution is 0.0568. The van der Waals surface area contributed by atoms with Gasteiger partial charge in [-0.2, -0.15) is 0 Å². The predicted molar refractivity (Wildman–Crippen MR) is 95.9 cm³/mol. The molecular weight excluding hydrogens is 332 g/mol. The molecule has 4 rings (SSSR count). The molecule has 2 aliphatic heterocycles. The van der Waals surface area contributed by atoms with Gasteiger partial charge in [0, 0.05) is 39.1 Å². The summed E-state index contributed by atoms with van der Waals surface area (Å²) >= 11 is 0. The molecule has 1 spiro atoms. The number of ether oxygens (including phenoxy) is 1. The number of carbonyl (C=O) groups is 1. The number of aromatic nitrogens is 2. The third-order valence-electron chi connectivity index (χ3n) is 5.63. The van der Waals surface area contributed by atoms with E-state index >= 15 is 0 Å². The van der Waals surface area contributed by atoms with Crippen LogP contribution < -0.4 is 4.90 Å². The lowest BCUT2D eigenvalue weighted by Crippen LogP contribution is -2.44. The second-order valence-corrected chi connectivity index (χ2v) is 7.26. The van der Waals surface area contributed by atoms with Crippen LogP contribution in [0.5, 0.6) is 0 Å². The summed E-state index contributed by atoms with van der Waals surface area (Å²) in [6.07, 6.45) is 8.10. The van der Waals surface area contributed by atoms with E-state index in [1.165, 1.54) is 0 Å². The number of carbonyl (C=O) groups excluding carboxylic acids is 1. The summed E-state index contributed by atoms with van der Waals surface area (Å²) in [6, 6.07) is 5.59. The van der Waals surface area contributed by atoms with Gasteiger partial charge in [-0.1, -0.05) is 0 Å². The van der Waals surface area contributed by atoms with Gasteiger partial charge in [0.1, 0.15) is 0 Å². The molecule has 138 valence electrons. The maximum absolute atomic E-state index is 12.5. The molecule has 0 aromatic carbocycles. The number of nitrogens with zero attached hydrogens (tertiary/aromatic N) is 4. The van der Waals surface area contributed by atoms with Gasteiger partial charge in [0.25, 0.3) is 5.91 Å².